The molecule has 0 aliphatic rings. The van der Waals surface area contributed by atoms with Gasteiger partial charge in [-0.25, -0.2) is 9.48 Å². The number of para-hydroxylation sites is 1. The molecule has 4 nitrogen and oxygen atoms in total. The first-order valence-corrected chi connectivity index (χ1v) is 6.60. The molecule has 2 aromatic carbocycles. The molecule has 0 spiro atoms. The molecule has 0 aliphatic heterocycles. The summed E-state index contributed by atoms with van der Waals surface area (Å²) in [7, 11) is 0. The second kappa shape index (κ2) is 5.25. The summed E-state index contributed by atoms with van der Waals surface area (Å²) in [6.45, 7) is 1.88. The van der Waals surface area contributed by atoms with Crippen LogP contribution in [0.2, 0.25) is 0 Å². The Morgan fingerprint density at radius 2 is 1.81 bits per heavy atom. The third kappa shape index (κ3) is 2.43. The Bertz CT molecular complexity index is 792. The van der Waals surface area contributed by atoms with E-state index in [0.717, 1.165) is 16.7 Å². The van der Waals surface area contributed by atoms with Crippen molar-refractivity contribution in [1.29, 1.82) is 0 Å². The summed E-state index contributed by atoms with van der Waals surface area (Å²) in [5.74, 6) is -0.953. The minimum Gasteiger partial charge on any atom is -0.478 e. The van der Waals surface area contributed by atoms with Crippen molar-refractivity contribution in [3.63, 3.8) is 0 Å². The van der Waals surface area contributed by atoms with Gasteiger partial charge in [-0.3, -0.25) is 0 Å². The van der Waals surface area contributed by atoms with Crippen LogP contribution in [0, 0.1) is 6.92 Å². The lowest BCUT2D eigenvalue weighted by molar-refractivity contribution is 0.0696. The lowest BCUT2D eigenvalue weighted by Gasteiger charge is -2.09. The quantitative estimate of drug-likeness (QED) is 0.797. The van der Waals surface area contributed by atoms with Crippen molar-refractivity contribution in [2.75, 3.05) is 0 Å². The second-order valence-corrected chi connectivity index (χ2v) is 4.82. The van der Waals surface area contributed by atoms with Gasteiger partial charge in [0.05, 0.1) is 17.4 Å². The minimum absolute atomic E-state index is 0.248. The first-order chi connectivity index (χ1) is 10.2. The maximum Gasteiger partial charge on any atom is 0.337 e. The minimum atomic E-state index is -0.953. The Morgan fingerprint density at radius 1 is 1.05 bits per heavy atom. The van der Waals surface area contributed by atoms with Gasteiger partial charge in [0.2, 0.25) is 0 Å². The molecule has 21 heavy (non-hydrogen) atoms. The van der Waals surface area contributed by atoms with Crippen LogP contribution in [0.4, 0.5) is 0 Å². The average Bonchev–Trinajstić information content (AvgIpc) is 2.97. The van der Waals surface area contributed by atoms with Gasteiger partial charge in [0.1, 0.15) is 0 Å². The molecule has 0 saturated heterocycles. The average molecular weight is 278 g/mol. The maximum atomic E-state index is 11.4. The van der Waals surface area contributed by atoms with E-state index in [1.807, 2.05) is 49.5 Å². The SMILES string of the molecule is Cc1cccc(C(=O)O)c1-n1cc(-c2ccccc2)cn1. The van der Waals surface area contributed by atoms with E-state index in [4.69, 9.17) is 0 Å². The highest BCUT2D eigenvalue weighted by atomic mass is 16.4. The topological polar surface area (TPSA) is 55.1 Å². The van der Waals surface area contributed by atoms with E-state index in [0.29, 0.717) is 5.69 Å². The number of benzene rings is 2. The number of nitrogens with zero attached hydrogens (tertiary/aromatic N) is 2. The Balaban J connectivity index is 2.11. The van der Waals surface area contributed by atoms with Crippen molar-refractivity contribution < 1.29 is 9.90 Å². The van der Waals surface area contributed by atoms with E-state index in [1.54, 1.807) is 23.0 Å². The summed E-state index contributed by atoms with van der Waals surface area (Å²) in [4.78, 5) is 11.4. The van der Waals surface area contributed by atoms with Crippen LogP contribution in [0.25, 0.3) is 16.8 Å². The molecule has 0 unspecified atom stereocenters. The van der Waals surface area contributed by atoms with Crippen molar-refractivity contribution in [1.82, 2.24) is 9.78 Å². The monoisotopic (exact) mass is 278 g/mol. The van der Waals surface area contributed by atoms with Gasteiger partial charge in [0, 0.05) is 11.8 Å². The highest BCUT2D eigenvalue weighted by molar-refractivity contribution is 5.92. The molecule has 104 valence electrons. The van der Waals surface area contributed by atoms with Crippen molar-refractivity contribution in [3.05, 3.63) is 72.1 Å². The summed E-state index contributed by atoms with van der Waals surface area (Å²) in [5.41, 5.74) is 3.73. The van der Waals surface area contributed by atoms with Gasteiger partial charge < -0.3 is 5.11 Å². The molecule has 0 aliphatic carbocycles. The molecule has 0 saturated carbocycles. The second-order valence-electron chi connectivity index (χ2n) is 4.82. The number of rotatable bonds is 3. The fraction of sp³-hybridized carbons (Fsp3) is 0.0588. The van der Waals surface area contributed by atoms with Gasteiger partial charge in [-0.2, -0.15) is 5.10 Å². The van der Waals surface area contributed by atoms with Crippen LogP contribution in [0.1, 0.15) is 15.9 Å². The Hall–Kier alpha value is -2.88. The fourth-order valence-electron chi connectivity index (χ4n) is 2.36. The number of aryl methyl sites for hydroxylation is 1. The molecular weight excluding hydrogens is 264 g/mol. The standard InChI is InChI=1S/C17H14N2O2/c1-12-6-5-9-15(17(20)21)16(12)19-11-14(10-18-19)13-7-3-2-4-8-13/h2-11H,1H3,(H,20,21). The van der Waals surface area contributed by atoms with Crippen LogP contribution >= 0.6 is 0 Å². The zero-order valence-corrected chi connectivity index (χ0v) is 11.5. The summed E-state index contributed by atoms with van der Waals surface area (Å²) in [6, 6.07) is 15.1. The number of carboxylic acid groups (broad SMARTS) is 1. The molecule has 0 bridgehead atoms. The van der Waals surface area contributed by atoms with Crippen molar-refractivity contribution in [2.24, 2.45) is 0 Å². The number of carbonyl (C=O) groups is 1. The predicted octanol–water partition coefficient (Wildman–Crippen LogP) is 3.55. The lowest BCUT2D eigenvalue weighted by Crippen LogP contribution is -2.07. The van der Waals surface area contributed by atoms with E-state index in [9.17, 15) is 9.90 Å². The number of hydrogen-bond donors (Lipinski definition) is 1. The van der Waals surface area contributed by atoms with Gasteiger partial charge in [-0.1, -0.05) is 42.5 Å². The molecule has 3 rings (SSSR count). The zero-order chi connectivity index (χ0) is 14.8. The molecule has 1 N–H and O–H groups in total. The largest absolute Gasteiger partial charge is 0.478 e. The van der Waals surface area contributed by atoms with Crippen molar-refractivity contribution in [3.8, 4) is 16.8 Å². The summed E-state index contributed by atoms with van der Waals surface area (Å²) >= 11 is 0. The summed E-state index contributed by atoms with van der Waals surface area (Å²) < 4.78 is 1.63. The van der Waals surface area contributed by atoms with Crippen LogP contribution in [-0.4, -0.2) is 20.9 Å². The highest BCUT2D eigenvalue weighted by Gasteiger charge is 2.15. The fourth-order valence-corrected chi connectivity index (χ4v) is 2.36. The van der Waals surface area contributed by atoms with E-state index < -0.39 is 5.97 Å². The van der Waals surface area contributed by atoms with Gasteiger partial charge in [-0.05, 0) is 24.1 Å². The van der Waals surface area contributed by atoms with Crippen molar-refractivity contribution >= 4 is 5.97 Å². The van der Waals surface area contributed by atoms with Crippen LogP contribution in [-0.2, 0) is 0 Å². The number of aromatic carboxylic acids is 1. The summed E-state index contributed by atoms with van der Waals surface area (Å²) in [6.07, 6.45) is 3.59. The van der Waals surface area contributed by atoms with Gasteiger partial charge >= 0.3 is 5.97 Å². The smallest absolute Gasteiger partial charge is 0.337 e. The predicted molar refractivity (Wildman–Crippen MR) is 80.7 cm³/mol. The van der Waals surface area contributed by atoms with Crippen LogP contribution in [0.3, 0.4) is 0 Å². The van der Waals surface area contributed by atoms with E-state index in [2.05, 4.69) is 5.10 Å². The lowest BCUT2D eigenvalue weighted by atomic mass is 10.1. The first-order valence-electron chi connectivity index (χ1n) is 6.60. The molecule has 4 heteroatoms. The number of hydrogen-bond acceptors (Lipinski definition) is 2. The Morgan fingerprint density at radius 3 is 2.52 bits per heavy atom. The van der Waals surface area contributed by atoms with Crippen LogP contribution in [0.5, 0.6) is 0 Å². The third-order valence-electron chi connectivity index (χ3n) is 3.39. The third-order valence-corrected chi connectivity index (χ3v) is 3.39. The molecule has 0 atom stereocenters. The first kappa shape index (κ1) is 13.1. The maximum absolute atomic E-state index is 11.4. The molecule has 3 aromatic rings. The molecule has 0 radical (unpaired) electrons. The normalized spacial score (nSPS) is 10.5. The van der Waals surface area contributed by atoms with Crippen LogP contribution < -0.4 is 0 Å². The number of carboxylic acids is 1. The molecule has 1 heterocycles. The molecule has 1 aromatic heterocycles. The molecular formula is C17H14N2O2. The van der Waals surface area contributed by atoms with Crippen molar-refractivity contribution in [2.45, 2.75) is 6.92 Å². The highest BCUT2D eigenvalue weighted by Crippen LogP contribution is 2.23. The van der Waals surface area contributed by atoms with Crippen LogP contribution in [0.15, 0.2) is 60.9 Å². The summed E-state index contributed by atoms with van der Waals surface area (Å²) in [5, 5.41) is 13.7. The molecule has 0 amide bonds. The number of aromatic nitrogens is 2. The van der Waals surface area contributed by atoms with E-state index in [-0.39, 0.29) is 5.56 Å². The van der Waals surface area contributed by atoms with Gasteiger partial charge in [0.15, 0.2) is 0 Å². The Kier molecular flexibility index (Phi) is 3.28. The van der Waals surface area contributed by atoms with Gasteiger partial charge in [0.25, 0.3) is 0 Å². The zero-order valence-electron chi connectivity index (χ0n) is 11.5. The Labute approximate surface area is 122 Å². The van der Waals surface area contributed by atoms with E-state index in [1.165, 1.54) is 0 Å². The van der Waals surface area contributed by atoms with Gasteiger partial charge in [-0.15, -0.1) is 0 Å². The van der Waals surface area contributed by atoms with E-state index >= 15 is 0 Å². The molecule has 0 fully saturated rings.